The number of benzene rings is 1. The Kier molecular flexibility index (Phi) is 3.65. The molecule has 2 rings (SSSR count). The summed E-state index contributed by atoms with van der Waals surface area (Å²) in [6.07, 6.45) is -2.79. The van der Waals surface area contributed by atoms with Crippen molar-refractivity contribution in [1.29, 1.82) is 0 Å². The van der Waals surface area contributed by atoms with Gasteiger partial charge in [0.15, 0.2) is 0 Å². The third kappa shape index (κ3) is 3.07. The van der Waals surface area contributed by atoms with E-state index < -0.39 is 6.36 Å². The van der Waals surface area contributed by atoms with Crippen LogP contribution in [0, 0.1) is 0 Å². The van der Waals surface area contributed by atoms with Crippen molar-refractivity contribution in [2.75, 3.05) is 30.3 Å². The van der Waals surface area contributed by atoms with Gasteiger partial charge in [-0.1, -0.05) is 6.07 Å². The molecular weight excluding hydrogens is 245 g/mol. The van der Waals surface area contributed by atoms with Crippen LogP contribution >= 0.6 is 0 Å². The summed E-state index contributed by atoms with van der Waals surface area (Å²) in [5.41, 5.74) is 8.51. The van der Waals surface area contributed by atoms with Gasteiger partial charge in [0.1, 0.15) is 0 Å². The van der Waals surface area contributed by atoms with Crippen LogP contribution in [0.3, 0.4) is 0 Å². The quantitative estimate of drug-likeness (QED) is 0.849. The van der Waals surface area contributed by atoms with Crippen LogP contribution in [-0.4, -0.2) is 26.1 Å². The fourth-order valence-electron chi connectivity index (χ4n) is 2.23. The van der Waals surface area contributed by atoms with Crippen LogP contribution in [0.4, 0.5) is 24.5 Å². The van der Waals surface area contributed by atoms with Crippen LogP contribution in [-0.2, 0) is 11.2 Å². The first kappa shape index (κ1) is 13.0. The number of nitrogen functional groups attached to an aromatic ring is 1. The molecule has 0 amide bonds. The average Bonchev–Trinajstić information content (AvgIpc) is 2.29. The molecule has 100 valence electrons. The van der Waals surface area contributed by atoms with E-state index in [9.17, 15) is 13.2 Å². The lowest BCUT2D eigenvalue weighted by molar-refractivity contribution is -0.323. The highest BCUT2D eigenvalue weighted by Gasteiger charge is 2.29. The van der Waals surface area contributed by atoms with E-state index in [0.29, 0.717) is 5.69 Å². The topological polar surface area (TPSA) is 38.5 Å². The van der Waals surface area contributed by atoms with Gasteiger partial charge in [-0.2, -0.15) is 0 Å². The van der Waals surface area contributed by atoms with Crippen molar-refractivity contribution in [3.63, 3.8) is 0 Å². The molecule has 6 heteroatoms. The fourth-order valence-corrected chi connectivity index (χ4v) is 2.23. The highest BCUT2D eigenvalue weighted by molar-refractivity contribution is 5.66. The second-order valence-electron chi connectivity index (χ2n) is 4.23. The van der Waals surface area contributed by atoms with Gasteiger partial charge in [-0.3, -0.25) is 4.74 Å². The number of anilines is 2. The van der Waals surface area contributed by atoms with Crippen LogP contribution < -0.4 is 10.6 Å². The Morgan fingerprint density at radius 2 is 2.11 bits per heavy atom. The van der Waals surface area contributed by atoms with E-state index in [0.717, 1.165) is 30.6 Å². The van der Waals surface area contributed by atoms with Crippen molar-refractivity contribution in [2.24, 2.45) is 0 Å². The molecule has 0 saturated heterocycles. The smallest absolute Gasteiger partial charge is 0.398 e. The molecule has 0 saturated carbocycles. The maximum Gasteiger partial charge on any atom is 0.522 e. The Morgan fingerprint density at radius 1 is 1.33 bits per heavy atom. The predicted octanol–water partition coefficient (Wildman–Crippen LogP) is 2.56. The first-order valence-electron chi connectivity index (χ1n) is 5.80. The molecule has 2 N–H and O–H groups in total. The third-order valence-corrected chi connectivity index (χ3v) is 3.01. The van der Waals surface area contributed by atoms with Gasteiger partial charge in [0, 0.05) is 24.5 Å². The normalized spacial score (nSPS) is 15.6. The molecule has 18 heavy (non-hydrogen) atoms. The lowest BCUT2D eigenvalue weighted by Crippen LogP contribution is -2.34. The van der Waals surface area contributed by atoms with Gasteiger partial charge in [-0.15, -0.1) is 13.2 Å². The van der Waals surface area contributed by atoms with Crippen LogP contribution in [0.2, 0.25) is 0 Å². The monoisotopic (exact) mass is 260 g/mol. The first-order valence-corrected chi connectivity index (χ1v) is 5.80. The summed E-state index contributed by atoms with van der Waals surface area (Å²) in [4.78, 5) is 1.89. The molecule has 0 aliphatic carbocycles. The van der Waals surface area contributed by atoms with Crippen LogP contribution in [0.5, 0.6) is 0 Å². The van der Waals surface area contributed by atoms with Crippen molar-refractivity contribution < 1.29 is 17.9 Å². The maximum absolute atomic E-state index is 11.9. The number of alkyl halides is 3. The molecule has 0 aromatic heterocycles. The number of ether oxygens (including phenoxy) is 1. The number of hydrogen-bond acceptors (Lipinski definition) is 3. The first-order chi connectivity index (χ1) is 8.47. The SMILES string of the molecule is Nc1cccc2c1CCCN2CCOC(F)(F)F. The highest BCUT2D eigenvalue weighted by atomic mass is 19.4. The van der Waals surface area contributed by atoms with Gasteiger partial charge in [0.2, 0.25) is 0 Å². The molecule has 1 aromatic carbocycles. The summed E-state index contributed by atoms with van der Waals surface area (Å²) in [5, 5.41) is 0. The standard InChI is InChI=1S/C12H15F3N2O/c13-12(14,15)18-8-7-17-6-2-3-9-10(16)4-1-5-11(9)17/h1,4-5H,2-3,6-8,16H2. The molecule has 0 bridgehead atoms. The van der Waals surface area contributed by atoms with Crippen LogP contribution in [0.15, 0.2) is 18.2 Å². The molecule has 0 atom stereocenters. The third-order valence-electron chi connectivity index (χ3n) is 3.01. The van der Waals surface area contributed by atoms with E-state index in [1.165, 1.54) is 0 Å². The summed E-state index contributed by atoms with van der Waals surface area (Å²) < 4.78 is 39.5. The van der Waals surface area contributed by atoms with E-state index in [2.05, 4.69) is 4.74 Å². The Morgan fingerprint density at radius 3 is 2.83 bits per heavy atom. The minimum atomic E-state index is -4.56. The second kappa shape index (κ2) is 5.06. The zero-order chi connectivity index (χ0) is 13.2. The largest absolute Gasteiger partial charge is 0.522 e. The van der Waals surface area contributed by atoms with Gasteiger partial charge in [-0.25, -0.2) is 0 Å². The molecule has 1 aliphatic rings. The molecule has 3 nitrogen and oxygen atoms in total. The van der Waals surface area contributed by atoms with Crippen molar-refractivity contribution in [3.05, 3.63) is 23.8 Å². The van der Waals surface area contributed by atoms with E-state index in [-0.39, 0.29) is 13.2 Å². The number of nitrogens with zero attached hydrogens (tertiary/aromatic N) is 1. The lowest BCUT2D eigenvalue weighted by atomic mass is 10.00. The molecule has 0 spiro atoms. The van der Waals surface area contributed by atoms with E-state index in [1.807, 2.05) is 23.1 Å². The number of halogens is 3. The molecule has 1 heterocycles. The zero-order valence-corrected chi connectivity index (χ0v) is 9.83. The summed E-state index contributed by atoms with van der Waals surface area (Å²) in [6, 6.07) is 5.52. The van der Waals surface area contributed by atoms with Crippen LogP contribution in [0.25, 0.3) is 0 Å². The Hall–Kier alpha value is -1.43. The number of rotatable bonds is 3. The molecule has 0 radical (unpaired) electrons. The van der Waals surface area contributed by atoms with Gasteiger partial charge >= 0.3 is 6.36 Å². The Balaban J connectivity index is 2.02. The van der Waals surface area contributed by atoms with E-state index in [1.54, 1.807) is 0 Å². The lowest BCUT2D eigenvalue weighted by Gasteiger charge is -2.32. The Labute approximate surface area is 103 Å². The molecule has 0 fully saturated rings. The number of fused-ring (bicyclic) bond motifs is 1. The summed E-state index contributed by atoms with van der Waals surface area (Å²) in [5.74, 6) is 0. The molecular formula is C12H15F3N2O. The molecule has 1 aliphatic heterocycles. The van der Waals surface area contributed by atoms with Crippen molar-refractivity contribution in [1.82, 2.24) is 0 Å². The fraction of sp³-hybridized carbons (Fsp3) is 0.500. The van der Waals surface area contributed by atoms with Gasteiger partial charge < -0.3 is 10.6 Å². The van der Waals surface area contributed by atoms with Gasteiger partial charge in [-0.05, 0) is 30.5 Å². The maximum atomic E-state index is 11.9. The van der Waals surface area contributed by atoms with Gasteiger partial charge in [0.25, 0.3) is 0 Å². The number of hydrogen-bond donors (Lipinski definition) is 1. The van der Waals surface area contributed by atoms with Gasteiger partial charge in [0.05, 0.1) is 6.61 Å². The van der Waals surface area contributed by atoms with Crippen LogP contribution in [0.1, 0.15) is 12.0 Å². The molecule has 1 aromatic rings. The zero-order valence-electron chi connectivity index (χ0n) is 9.83. The number of nitrogens with two attached hydrogens (primary N) is 1. The summed E-state index contributed by atoms with van der Waals surface area (Å²) in [6.45, 7) is 0.589. The average molecular weight is 260 g/mol. The van der Waals surface area contributed by atoms with Crippen molar-refractivity contribution >= 4 is 11.4 Å². The second-order valence-corrected chi connectivity index (χ2v) is 4.23. The minimum absolute atomic E-state index is 0.218. The summed E-state index contributed by atoms with van der Waals surface area (Å²) >= 11 is 0. The summed E-state index contributed by atoms with van der Waals surface area (Å²) in [7, 11) is 0. The predicted molar refractivity (Wildman–Crippen MR) is 63.4 cm³/mol. The Bertz CT molecular complexity index is 420. The van der Waals surface area contributed by atoms with Crippen molar-refractivity contribution in [3.8, 4) is 0 Å². The highest BCUT2D eigenvalue weighted by Crippen LogP contribution is 2.31. The minimum Gasteiger partial charge on any atom is -0.398 e. The molecule has 0 unspecified atom stereocenters. The van der Waals surface area contributed by atoms with Crippen molar-refractivity contribution in [2.45, 2.75) is 19.2 Å². The van der Waals surface area contributed by atoms with E-state index >= 15 is 0 Å². The van der Waals surface area contributed by atoms with E-state index in [4.69, 9.17) is 5.73 Å².